The lowest BCUT2D eigenvalue weighted by Gasteiger charge is -2.47. The number of β-amino-alcohol motifs (C(OH)–C–C–N with tert-alkyl or cyclic N) is 1. The molecule has 4 heterocycles. The summed E-state index contributed by atoms with van der Waals surface area (Å²) < 4.78 is 10.3. The Bertz CT molecular complexity index is 1010. The Hall–Kier alpha value is -2.71. The molecule has 0 bridgehead atoms. The number of aromatic nitrogens is 2. The number of aliphatic hydroxyl groups excluding tert-OH is 1. The summed E-state index contributed by atoms with van der Waals surface area (Å²) >= 11 is 0. The van der Waals surface area contributed by atoms with Crippen LogP contribution in [0, 0.1) is 12.3 Å². The largest absolute Gasteiger partial charge is 0.480 e. The molecule has 1 aromatic heterocycles. The van der Waals surface area contributed by atoms with E-state index in [9.17, 15) is 9.90 Å². The van der Waals surface area contributed by atoms with Gasteiger partial charge in [0.15, 0.2) is 0 Å². The van der Waals surface area contributed by atoms with Crippen molar-refractivity contribution in [1.29, 1.82) is 0 Å². The summed E-state index contributed by atoms with van der Waals surface area (Å²) in [5.41, 5.74) is 3.83. The number of ether oxygens (including phenoxy) is 2. The summed E-state index contributed by atoms with van der Waals surface area (Å²) in [6.07, 6.45) is 7.56. The molecular formula is C25H32N4O4. The summed E-state index contributed by atoms with van der Waals surface area (Å²) in [7, 11) is 1.60. The van der Waals surface area contributed by atoms with Crippen LogP contribution in [0.2, 0.25) is 0 Å². The van der Waals surface area contributed by atoms with E-state index in [0.717, 1.165) is 74.4 Å². The molecule has 0 radical (unpaired) electrons. The molecule has 1 N–H and O–H groups in total. The number of hydrogen-bond acceptors (Lipinski definition) is 8. The number of anilines is 1. The first kappa shape index (κ1) is 22.1. The van der Waals surface area contributed by atoms with Crippen molar-refractivity contribution in [1.82, 2.24) is 14.9 Å². The van der Waals surface area contributed by atoms with Gasteiger partial charge in [0.05, 0.1) is 31.2 Å². The fraction of sp³-hybridized carbons (Fsp3) is 0.560. The van der Waals surface area contributed by atoms with Crippen molar-refractivity contribution < 1.29 is 19.4 Å². The number of piperidine rings is 2. The predicted molar refractivity (Wildman–Crippen MR) is 123 cm³/mol. The quantitative estimate of drug-likeness (QED) is 0.693. The van der Waals surface area contributed by atoms with Crippen molar-refractivity contribution in [2.75, 3.05) is 44.7 Å². The highest BCUT2D eigenvalue weighted by Crippen LogP contribution is 2.42. The minimum absolute atomic E-state index is 0.263. The van der Waals surface area contributed by atoms with Gasteiger partial charge >= 0.3 is 5.97 Å². The molecule has 1 unspecified atom stereocenters. The number of rotatable bonds is 5. The van der Waals surface area contributed by atoms with E-state index in [1.54, 1.807) is 25.6 Å². The van der Waals surface area contributed by atoms with Gasteiger partial charge in [0.1, 0.15) is 12.4 Å². The number of hydrogen-bond donors (Lipinski definition) is 1. The maximum atomic E-state index is 11.8. The van der Waals surface area contributed by atoms with Gasteiger partial charge in [0.25, 0.3) is 0 Å². The molecule has 33 heavy (non-hydrogen) atoms. The Kier molecular flexibility index (Phi) is 5.97. The average Bonchev–Trinajstić information content (AvgIpc) is 3.23. The molecule has 0 amide bonds. The first-order valence-electron chi connectivity index (χ1n) is 11.8. The lowest BCUT2D eigenvalue weighted by atomic mass is 9.71. The second kappa shape index (κ2) is 8.91. The molecule has 2 saturated heterocycles. The van der Waals surface area contributed by atoms with Crippen LogP contribution in [0.4, 0.5) is 5.82 Å². The zero-order valence-electron chi connectivity index (χ0n) is 19.4. The van der Waals surface area contributed by atoms with Crippen LogP contribution < -0.4 is 9.64 Å². The summed E-state index contributed by atoms with van der Waals surface area (Å²) in [5.74, 6) is 1.20. The molecule has 3 aliphatic rings. The van der Waals surface area contributed by atoms with Crippen molar-refractivity contribution >= 4 is 11.8 Å². The second-order valence-corrected chi connectivity index (χ2v) is 9.60. The van der Waals surface area contributed by atoms with Crippen LogP contribution in [0.5, 0.6) is 5.88 Å². The summed E-state index contributed by atoms with van der Waals surface area (Å²) in [5, 5.41) is 11.0. The van der Waals surface area contributed by atoms with E-state index in [1.165, 1.54) is 0 Å². The normalized spacial score (nSPS) is 21.1. The van der Waals surface area contributed by atoms with Gasteiger partial charge in [-0.2, -0.15) is 0 Å². The van der Waals surface area contributed by atoms with Gasteiger partial charge in [-0.15, -0.1) is 0 Å². The van der Waals surface area contributed by atoms with Crippen LogP contribution >= 0.6 is 0 Å². The van der Waals surface area contributed by atoms with Gasteiger partial charge in [-0.05, 0) is 68.3 Å². The van der Waals surface area contributed by atoms with Crippen molar-refractivity contribution in [3.8, 4) is 5.88 Å². The lowest BCUT2D eigenvalue weighted by Crippen LogP contribution is -2.47. The van der Waals surface area contributed by atoms with E-state index >= 15 is 0 Å². The monoisotopic (exact) mass is 452 g/mol. The Morgan fingerprint density at radius 1 is 1.12 bits per heavy atom. The molecule has 1 spiro atoms. The first-order valence-corrected chi connectivity index (χ1v) is 11.8. The second-order valence-electron chi connectivity index (χ2n) is 9.60. The number of carbonyl (C=O) groups excluding carboxylic acids is 1. The SMILES string of the molecule is COc1cnc(N2CCC3(CCN(CC(O)c4ccc5c(c4C)COC5=O)CC3)CC2)cn1. The molecule has 2 fully saturated rings. The first-order chi connectivity index (χ1) is 16.0. The molecule has 3 aliphatic heterocycles. The van der Waals surface area contributed by atoms with Gasteiger partial charge in [-0.25, -0.2) is 14.8 Å². The summed E-state index contributed by atoms with van der Waals surface area (Å²) in [4.78, 5) is 25.3. The molecule has 8 nitrogen and oxygen atoms in total. The van der Waals surface area contributed by atoms with Gasteiger partial charge in [-0.3, -0.25) is 0 Å². The van der Waals surface area contributed by atoms with Crippen LogP contribution in [0.3, 0.4) is 0 Å². The Labute approximate surface area is 194 Å². The van der Waals surface area contributed by atoms with Crippen molar-refractivity contribution in [3.05, 3.63) is 46.8 Å². The Morgan fingerprint density at radius 3 is 2.52 bits per heavy atom. The molecule has 2 aromatic rings. The molecule has 0 saturated carbocycles. The highest BCUT2D eigenvalue weighted by atomic mass is 16.5. The third-order valence-electron chi connectivity index (χ3n) is 7.89. The average molecular weight is 453 g/mol. The number of esters is 1. The topological polar surface area (TPSA) is 88.0 Å². The fourth-order valence-corrected chi connectivity index (χ4v) is 5.57. The Morgan fingerprint density at radius 2 is 1.85 bits per heavy atom. The number of benzene rings is 1. The zero-order valence-corrected chi connectivity index (χ0v) is 19.4. The van der Waals surface area contributed by atoms with Gasteiger partial charge < -0.3 is 24.4 Å². The maximum absolute atomic E-state index is 11.8. The Balaban J connectivity index is 1.14. The smallest absolute Gasteiger partial charge is 0.338 e. The minimum atomic E-state index is -0.560. The van der Waals surface area contributed by atoms with Crippen molar-refractivity contribution in [3.63, 3.8) is 0 Å². The summed E-state index contributed by atoms with van der Waals surface area (Å²) in [6.45, 7) is 6.92. The van der Waals surface area contributed by atoms with Gasteiger partial charge in [0, 0.05) is 25.2 Å². The maximum Gasteiger partial charge on any atom is 0.338 e. The van der Waals surface area contributed by atoms with Crippen LogP contribution in [0.25, 0.3) is 0 Å². The third-order valence-corrected chi connectivity index (χ3v) is 7.89. The van der Waals surface area contributed by atoms with E-state index in [4.69, 9.17) is 9.47 Å². The fourth-order valence-electron chi connectivity index (χ4n) is 5.57. The van der Waals surface area contributed by atoms with E-state index in [2.05, 4.69) is 19.8 Å². The number of aliphatic hydroxyl groups is 1. The van der Waals surface area contributed by atoms with E-state index in [-0.39, 0.29) is 5.97 Å². The molecule has 5 rings (SSSR count). The molecule has 1 atom stereocenters. The van der Waals surface area contributed by atoms with E-state index in [0.29, 0.717) is 30.0 Å². The molecule has 0 aliphatic carbocycles. The minimum Gasteiger partial charge on any atom is -0.480 e. The molecular weight excluding hydrogens is 420 g/mol. The van der Waals surface area contributed by atoms with E-state index < -0.39 is 6.10 Å². The molecule has 8 heteroatoms. The molecule has 176 valence electrons. The third kappa shape index (κ3) is 4.29. The van der Waals surface area contributed by atoms with E-state index in [1.807, 2.05) is 13.0 Å². The van der Waals surface area contributed by atoms with Crippen LogP contribution in [-0.4, -0.2) is 65.8 Å². The zero-order chi connectivity index (χ0) is 23.0. The molecule has 1 aromatic carbocycles. The number of nitrogens with zero attached hydrogens (tertiary/aromatic N) is 4. The van der Waals surface area contributed by atoms with Crippen molar-refractivity contribution in [2.45, 2.75) is 45.3 Å². The number of cyclic esters (lactones) is 1. The van der Waals surface area contributed by atoms with Crippen LogP contribution in [0.1, 0.15) is 58.8 Å². The number of likely N-dealkylation sites (tertiary alicyclic amines) is 1. The predicted octanol–water partition coefficient (Wildman–Crippen LogP) is 2.88. The number of carbonyl (C=O) groups is 1. The highest BCUT2D eigenvalue weighted by molar-refractivity contribution is 5.93. The standard InChI is InChI=1S/C25H32N4O4/c1-17-18(3-4-19-20(17)16-33-24(19)31)21(30)15-28-9-5-25(6-10-28)7-11-29(12-8-25)22-13-27-23(32-2)14-26-22/h3-4,13-14,21,30H,5-12,15-16H2,1-2H3. The highest BCUT2D eigenvalue weighted by Gasteiger charge is 2.38. The van der Waals surface area contributed by atoms with Crippen LogP contribution in [0.15, 0.2) is 24.5 Å². The van der Waals surface area contributed by atoms with Gasteiger partial charge in [-0.1, -0.05) is 6.07 Å². The van der Waals surface area contributed by atoms with Gasteiger partial charge in [0.2, 0.25) is 5.88 Å². The summed E-state index contributed by atoms with van der Waals surface area (Å²) in [6, 6.07) is 3.68. The lowest BCUT2D eigenvalue weighted by molar-refractivity contribution is 0.0447. The number of methoxy groups -OCH3 is 1. The number of fused-ring (bicyclic) bond motifs is 1. The van der Waals surface area contributed by atoms with Crippen LogP contribution in [-0.2, 0) is 11.3 Å². The van der Waals surface area contributed by atoms with Crippen molar-refractivity contribution in [2.24, 2.45) is 5.41 Å².